The van der Waals surface area contributed by atoms with E-state index in [2.05, 4.69) is 16.8 Å². The Hall–Kier alpha value is -4.00. The number of nitro groups is 1. The Bertz CT molecular complexity index is 1030. The maximum Gasteiger partial charge on any atom is 0.271 e. The van der Waals surface area contributed by atoms with Crippen molar-refractivity contribution in [2.75, 3.05) is 0 Å². The van der Waals surface area contributed by atoms with E-state index in [1.807, 2.05) is 0 Å². The molecule has 10 nitrogen and oxygen atoms in total. The van der Waals surface area contributed by atoms with E-state index < -0.39 is 16.4 Å². The summed E-state index contributed by atoms with van der Waals surface area (Å²) in [5, 5.41) is 47.5. The Balaban J connectivity index is 2.65. The zero-order valence-corrected chi connectivity index (χ0v) is 13.6. The van der Waals surface area contributed by atoms with Crippen molar-refractivity contribution in [3.05, 3.63) is 62.4 Å². The number of phenols is 1. The minimum atomic E-state index is -0.709. The van der Waals surface area contributed by atoms with Crippen molar-refractivity contribution in [1.82, 2.24) is 4.57 Å². The quantitative estimate of drug-likeness (QED) is 0.364. The molecule has 0 aliphatic heterocycles. The number of phenolic OH excluding ortho intramolecular Hbond substituents is 1. The smallest absolute Gasteiger partial charge is 0.271 e. The van der Waals surface area contributed by atoms with E-state index >= 15 is 0 Å². The molecular weight excluding hydrogens is 342 g/mol. The summed E-state index contributed by atoms with van der Waals surface area (Å²) >= 11 is 0. The molecule has 1 aromatic carbocycles. The molecule has 1 aromatic heterocycles. The molecular formula is C16H13N5O5. The molecule has 0 amide bonds. The van der Waals surface area contributed by atoms with Crippen molar-refractivity contribution < 1.29 is 15.1 Å². The molecule has 2 aromatic rings. The highest BCUT2D eigenvalue weighted by atomic mass is 16.6. The van der Waals surface area contributed by atoms with Gasteiger partial charge in [0.05, 0.1) is 4.92 Å². The molecule has 0 saturated heterocycles. The Morgan fingerprint density at radius 2 is 2.12 bits per heavy atom. The Kier molecular flexibility index (Phi) is 5.13. The van der Waals surface area contributed by atoms with Gasteiger partial charge in [0.15, 0.2) is 5.69 Å². The van der Waals surface area contributed by atoms with Crippen molar-refractivity contribution >= 4 is 17.1 Å². The number of aromatic hydroxyl groups is 2. The minimum absolute atomic E-state index is 0.0653. The van der Waals surface area contributed by atoms with Gasteiger partial charge in [0, 0.05) is 24.2 Å². The monoisotopic (exact) mass is 355 g/mol. The predicted molar refractivity (Wildman–Crippen MR) is 91.0 cm³/mol. The summed E-state index contributed by atoms with van der Waals surface area (Å²) in [4.78, 5) is 22.3. The van der Waals surface area contributed by atoms with Crippen molar-refractivity contribution in [2.45, 2.75) is 13.5 Å². The first kappa shape index (κ1) is 18.3. The number of nitriles is 1. The predicted octanol–water partition coefficient (Wildman–Crippen LogP) is 2.95. The topological polar surface area (TPSA) is 154 Å². The highest BCUT2D eigenvalue weighted by Crippen LogP contribution is 2.35. The molecule has 26 heavy (non-hydrogen) atoms. The average molecular weight is 355 g/mol. The summed E-state index contributed by atoms with van der Waals surface area (Å²) in [6, 6.07) is 4.91. The van der Waals surface area contributed by atoms with E-state index in [0.29, 0.717) is 0 Å². The first-order valence-electron chi connectivity index (χ1n) is 7.18. The lowest BCUT2D eigenvalue weighted by Gasteiger charge is -2.11. The molecule has 0 unspecified atom stereocenters. The van der Waals surface area contributed by atoms with Gasteiger partial charge >= 0.3 is 0 Å². The van der Waals surface area contributed by atoms with Crippen molar-refractivity contribution in [3.63, 3.8) is 0 Å². The van der Waals surface area contributed by atoms with E-state index in [1.165, 1.54) is 13.0 Å². The number of nitro benzene ring substituents is 1. The molecule has 0 fully saturated rings. The number of benzene rings is 1. The lowest BCUT2D eigenvalue weighted by atomic mass is 10.1. The van der Waals surface area contributed by atoms with Gasteiger partial charge < -0.3 is 10.2 Å². The molecule has 0 bridgehead atoms. The van der Waals surface area contributed by atoms with Crippen LogP contribution in [0.1, 0.15) is 11.1 Å². The third kappa shape index (κ3) is 3.27. The van der Waals surface area contributed by atoms with Crippen molar-refractivity contribution in [2.24, 2.45) is 10.2 Å². The molecule has 2 rings (SSSR count). The molecule has 0 saturated carbocycles. The first-order chi connectivity index (χ1) is 12.3. The van der Waals surface area contributed by atoms with Gasteiger partial charge in [0.1, 0.15) is 23.1 Å². The van der Waals surface area contributed by atoms with Crippen LogP contribution >= 0.6 is 0 Å². The molecule has 0 spiro atoms. The number of pyridine rings is 1. The number of hydrogen-bond donors (Lipinski definition) is 2. The molecule has 0 aliphatic carbocycles. The SMILES string of the molecule is C=CCn1c(O)c(/N=N/c2cc([N+](=O)[O-])ccc2O)c(C)c(C#N)c1=O. The lowest BCUT2D eigenvalue weighted by Crippen LogP contribution is -2.23. The normalized spacial score (nSPS) is 10.6. The van der Waals surface area contributed by atoms with Crippen LogP contribution in [0.4, 0.5) is 17.1 Å². The summed E-state index contributed by atoms with van der Waals surface area (Å²) in [6.07, 6.45) is 1.35. The van der Waals surface area contributed by atoms with Gasteiger partial charge in [-0.3, -0.25) is 19.5 Å². The summed E-state index contributed by atoms with van der Waals surface area (Å²) in [7, 11) is 0. The fourth-order valence-electron chi connectivity index (χ4n) is 2.16. The van der Waals surface area contributed by atoms with Crippen molar-refractivity contribution in [3.8, 4) is 17.7 Å². The molecule has 0 aliphatic rings. The van der Waals surface area contributed by atoms with Gasteiger partial charge in [-0.1, -0.05) is 6.08 Å². The number of nitrogens with zero attached hydrogens (tertiary/aromatic N) is 5. The van der Waals surface area contributed by atoms with Gasteiger partial charge in [-0.15, -0.1) is 16.8 Å². The zero-order chi connectivity index (χ0) is 19.4. The maximum absolute atomic E-state index is 12.2. The largest absolute Gasteiger partial charge is 0.506 e. The Morgan fingerprint density at radius 3 is 2.69 bits per heavy atom. The van der Waals surface area contributed by atoms with Crippen LogP contribution in [-0.4, -0.2) is 19.7 Å². The van der Waals surface area contributed by atoms with Crippen LogP contribution in [0.25, 0.3) is 0 Å². The Labute approximate surface area is 146 Å². The fraction of sp³-hybridized carbons (Fsp3) is 0.125. The standard InChI is InChI=1S/C16H13N5O5/c1-3-6-20-15(23)11(8-17)9(2)14(16(20)24)19-18-12-7-10(21(25)26)4-5-13(12)22/h3-5,7,22,24H,1,6H2,2H3/b19-18+. The van der Waals surface area contributed by atoms with Crippen LogP contribution in [0.15, 0.2) is 45.9 Å². The van der Waals surface area contributed by atoms with Gasteiger partial charge in [-0.2, -0.15) is 5.26 Å². The molecule has 10 heteroatoms. The number of aromatic nitrogens is 1. The summed E-state index contributed by atoms with van der Waals surface area (Å²) in [6.45, 7) is 4.81. The lowest BCUT2D eigenvalue weighted by molar-refractivity contribution is -0.384. The van der Waals surface area contributed by atoms with Crippen molar-refractivity contribution in [1.29, 1.82) is 5.26 Å². The molecule has 2 N–H and O–H groups in total. The van der Waals surface area contributed by atoms with Gasteiger partial charge in [0.2, 0.25) is 5.88 Å². The summed E-state index contributed by atoms with van der Waals surface area (Å²) in [5.74, 6) is -0.906. The summed E-state index contributed by atoms with van der Waals surface area (Å²) in [5.41, 5.74) is -1.55. The minimum Gasteiger partial charge on any atom is -0.506 e. The van der Waals surface area contributed by atoms with Crippen LogP contribution < -0.4 is 5.56 Å². The Morgan fingerprint density at radius 1 is 1.42 bits per heavy atom. The highest BCUT2D eigenvalue weighted by molar-refractivity contribution is 5.61. The molecule has 0 radical (unpaired) electrons. The second-order valence-corrected chi connectivity index (χ2v) is 5.12. The molecule has 1 heterocycles. The first-order valence-corrected chi connectivity index (χ1v) is 7.18. The zero-order valence-electron chi connectivity index (χ0n) is 13.6. The maximum atomic E-state index is 12.2. The van der Waals surface area contributed by atoms with Gasteiger partial charge in [-0.05, 0) is 13.0 Å². The molecule has 0 atom stereocenters. The second kappa shape index (κ2) is 7.27. The van der Waals surface area contributed by atoms with Crippen LogP contribution in [0, 0.1) is 28.4 Å². The second-order valence-electron chi connectivity index (χ2n) is 5.12. The molecule has 132 valence electrons. The van der Waals surface area contributed by atoms with E-state index in [9.17, 15) is 30.4 Å². The van der Waals surface area contributed by atoms with E-state index in [0.717, 1.165) is 22.8 Å². The summed E-state index contributed by atoms with van der Waals surface area (Å²) < 4.78 is 0.889. The van der Waals surface area contributed by atoms with Crippen LogP contribution in [-0.2, 0) is 6.54 Å². The van der Waals surface area contributed by atoms with Crippen LogP contribution in [0.2, 0.25) is 0 Å². The van der Waals surface area contributed by atoms with Gasteiger partial charge in [0.25, 0.3) is 11.2 Å². The van der Waals surface area contributed by atoms with Gasteiger partial charge in [-0.25, -0.2) is 0 Å². The average Bonchev–Trinajstić information content (AvgIpc) is 2.60. The van der Waals surface area contributed by atoms with E-state index in [-0.39, 0.29) is 40.5 Å². The number of azo groups is 1. The van der Waals surface area contributed by atoms with E-state index in [4.69, 9.17) is 0 Å². The van der Waals surface area contributed by atoms with Crippen LogP contribution in [0.3, 0.4) is 0 Å². The number of hydrogen-bond acceptors (Lipinski definition) is 8. The number of rotatable bonds is 5. The fourth-order valence-corrected chi connectivity index (χ4v) is 2.16. The third-order valence-corrected chi connectivity index (χ3v) is 3.51. The third-order valence-electron chi connectivity index (χ3n) is 3.51. The number of allylic oxidation sites excluding steroid dienone is 1. The highest BCUT2D eigenvalue weighted by Gasteiger charge is 2.19. The van der Waals surface area contributed by atoms with Crippen LogP contribution in [0.5, 0.6) is 11.6 Å². The number of non-ortho nitro benzene ring substituents is 1. The van der Waals surface area contributed by atoms with E-state index in [1.54, 1.807) is 6.07 Å².